The van der Waals surface area contributed by atoms with Gasteiger partial charge in [0.25, 0.3) is 0 Å². The third-order valence-electron chi connectivity index (χ3n) is 3.88. The molecule has 6 heteroatoms. The van der Waals surface area contributed by atoms with Gasteiger partial charge in [0.15, 0.2) is 0 Å². The smallest absolute Gasteiger partial charge is 0.417 e. The maximum absolute atomic E-state index is 12.5. The molecule has 0 saturated heterocycles. The Hall–Kier alpha value is -2.34. The van der Waals surface area contributed by atoms with Gasteiger partial charge in [-0.05, 0) is 43.0 Å². The molecule has 3 rings (SSSR count). The Bertz CT molecular complexity index is 739. The van der Waals surface area contributed by atoms with Gasteiger partial charge in [-0.15, -0.1) is 0 Å². The summed E-state index contributed by atoms with van der Waals surface area (Å²) in [7, 11) is 0. The summed E-state index contributed by atoms with van der Waals surface area (Å²) in [4.78, 5) is 3.71. The average molecular weight is 334 g/mol. The van der Waals surface area contributed by atoms with Gasteiger partial charge in [0.2, 0.25) is 5.88 Å². The first-order valence-corrected chi connectivity index (χ1v) is 7.66. The lowest BCUT2D eigenvalue weighted by Gasteiger charge is -2.08. The zero-order valence-corrected chi connectivity index (χ0v) is 12.9. The number of nitrogens with zero attached hydrogens (tertiary/aromatic N) is 1. The van der Waals surface area contributed by atoms with Crippen molar-refractivity contribution in [2.45, 2.75) is 31.5 Å². The lowest BCUT2D eigenvalue weighted by atomic mass is 10.1. The molecular weight excluding hydrogens is 317 g/mol. The number of halogens is 3. The molecule has 0 radical (unpaired) electrons. The Labute approximate surface area is 138 Å². The molecule has 1 heterocycles. The molecule has 1 saturated carbocycles. The molecule has 1 aliphatic carbocycles. The average Bonchev–Trinajstić information content (AvgIpc) is 2.92. The van der Waals surface area contributed by atoms with Gasteiger partial charge in [-0.25, -0.2) is 4.98 Å². The molecule has 1 atom stereocenters. The van der Waals surface area contributed by atoms with E-state index >= 15 is 0 Å². The van der Waals surface area contributed by atoms with Gasteiger partial charge in [0, 0.05) is 18.3 Å². The van der Waals surface area contributed by atoms with Gasteiger partial charge in [0.05, 0.1) is 5.56 Å². The van der Waals surface area contributed by atoms with Crippen molar-refractivity contribution in [3.8, 4) is 11.6 Å². The van der Waals surface area contributed by atoms with Crippen molar-refractivity contribution in [2.24, 2.45) is 5.73 Å². The van der Waals surface area contributed by atoms with Gasteiger partial charge in [-0.3, -0.25) is 0 Å². The van der Waals surface area contributed by atoms with E-state index < -0.39 is 11.7 Å². The standard InChI is InChI=1S/C18H17F3N2O/c19-18(20,21)14-5-7-17(23-11-14)24-16-3-1-2-12(10-16)8-13-4-6-15(22)9-13/h1-3,5,7-8,10-11,15H,4,6,9,22H2/b13-8+/t15-/m1/s1. The maximum Gasteiger partial charge on any atom is 0.417 e. The van der Waals surface area contributed by atoms with Crippen LogP contribution in [0.3, 0.4) is 0 Å². The van der Waals surface area contributed by atoms with Crippen molar-refractivity contribution in [2.75, 3.05) is 0 Å². The zero-order chi connectivity index (χ0) is 17.2. The first-order valence-electron chi connectivity index (χ1n) is 7.66. The van der Waals surface area contributed by atoms with E-state index in [1.54, 1.807) is 6.07 Å². The highest BCUT2D eigenvalue weighted by Gasteiger charge is 2.30. The highest BCUT2D eigenvalue weighted by atomic mass is 19.4. The summed E-state index contributed by atoms with van der Waals surface area (Å²) in [5, 5.41) is 0. The first kappa shape index (κ1) is 16.5. The van der Waals surface area contributed by atoms with Crippen LogP contribution in [-0.4, -0.2) is 11.0 Å². The molecule has 1 aromatic carbocycles. The number of alkyl halides is 3. The van der Waals surface area contributed by atoms with Crippen LogP contribution in [0.15, 0.2) is 48.2 Å². The largest absolute Gasteiger partial charge is 0.439 e. The minimum atomic E-state index is -4.40. The number of nitrogens with two attached hydrogens (primary N) is 1. The van der Waals surface area contributed by atoms with E-state index in [4.69, 9.17) is 10.5 Å². The van der Waals surface area contributed by atoms with Gasteiger partial charge >= 0.3 is 6.18 Å². The van der Waals surface area contributed by atoms with Crippen molar-refractivity contribution < 1.29 is 17.9 Å². The second-order valence-corrected chi connectivity index (χ2v) is 5.86. The lowest BCUT2D eigenvalue weighted by molar-refractivity contribution is -0.137. The number of ether oxygens (including phenoxy) is 1. The van der Waals surface area contributed by atoms with E-state index in [1.807, 2.05) is 18.2 Å². The number of pyridine rings is 1. The van der Waals surface area contributed by atoms with Gasteiger partial charge in [0.1, 0.15) is 5.75 Å². The van der Waals surface area contributed by atoms with Crippen LogP contribution in [0, 0.1) is 0 Å². The van der Waals surface area contributed by atoms with Crippen LogP contribution in [0.2, 0.25) is 0 Å². The Kier molecular flexibility index (Phi) is 4.57. The van der Waals surface area contributed by atoms with E-state index in [9.17, 15) is 13.2 Å². The molecule has 126 valence electrons. The number of hydrogen-bond acceptors (Lipinski definition) is 3. The SMILES string of the molecule is N[C@@H]1CC/C(=C\c2cccc(Oc3ccc(C(F)(F)F)cn3)c2)C1. The van der Waals surface area contributed by atoms with Crippen molar-refractivity contribution in [3.05, 3.63) is 59.3 Å². The highest BCUT2D eigenvalue weighted by molar-refractivity contribution is 5.55. The molecule has 0 aliphatic heterocycles. The third-order valence-corrected chi connectivity index (χ3v) is 3.88. The minimum absolute atomic E-state index is 0.121. The summed E-state index contributed by atoms with van der Waals surface area (Å²) in [6, 6.07) is 9.74. The van der Waals surface area contributed by atoms with E-state index in [0.717, 1.165) is 37.1 Å². The maximum atomic E-state index is 12.5. The van der Waals surface area contributed by atoms with E-state index in [0.29, 0.717) is 5.75 Å². The molecule has 2 N–H and O–H groups in total. The molecule has 0 spiro atoms. The fourth-order valence-electron chi connectivity index (χ4n) is 2.68. The van der Waals surface area contributed by atoms with Crippen molar-refractivity contribution >= 4 is 6.08 Å². The molecule has 2 aromatic rings. The third kappa shape index (κ3) is 4.14. The summed E-state index contributed by atoms with van der Waals surface area (Å²) in [6.45, 7) is 0. The summed E-state index contributed by atoms with van der Waals surface area (Å²) < 4.78 is 43.1. The quantitative estimate of drug-likeness (QED) is 0.878. The molecule has 24 heavy (non-hydrogen) atoms. The monoisotopic (exact) mass is 334 g/mol. The number of rotatable bonds is 3. The van der Waals surface area contributed by atoms with Crippen molar-refractivity contribution in [1.82, 2.24) is 4.98 Å². The van der Waals surface area contributed by atoms with Crippen LogP contribution < -0.4 is 10.5 Å². The zero-order valence-electron chi connectivity index (χ0n) is 12.9. The van der Waals surface area contributed by atoms with Gasteiger partial charge < -0.3 is 10.5 Å². The predicted octanol–water partition coefficient (Wildman–Crippen LogP) is 4.79. The Morgan fingerprint density at radius 2 is 2.04 bits per heavy atom. The van der Waals surface area contributed by atoms with Crippen molar-refractivity contribution in [1.29, 1.82) is 0 Å². The first-order chi connectivity index (χ1) is 11.4. The molecule has 1 aliphatic rings. The lowest BCUT2D eigenvalue weighted by Crippen LogP contribution is -2.13. The fourth-order valence-corrected chi connectivity index (χ4v) is 2.68. The Balaban J connectivity index is 1.73. The van der Waals surface area contributed by atoms with Gasteiger partial charge in [-0.2, -0.15) is 13.2 Å². The summed E-state index contributed by atoms with van der Waals surface area (Å²) in [6.07, 6.45) is 1.33. The second-order valence-electron chi connectivity index (χ2n) is 5.86. The second kappa shape index (κ2) is 6.65. The van der Waals surface area contributed by atoms with Crippen LogP contribution >= 0.6 is 0 Å². The van der Waals surface area contributed by atoms with Crippen LogP contribution in [0.25, 0.3) is 6.08 Å². The Morgan fingerprint density at radius 1 is 1.21 bits per heavy atom. The normalized spacial score (nSPS) is 19.7. The number of aromatic nitrogens is 1. The van der Waals surface area contributed by atoms with E-state index in [-0.39, 0.29) is 11.9 Å². The molecular formula is C18H17F3N2O. The summed E-state index contributed by atoms with van der Waals surface area (Å²) in [5.74, 6) is 0.648. The van der Waals surface area contributed by atoms with E-state index in [1.165, 1.54) is 11.6 Å². The van der Waals surface area contributed by atoms with Crippen LogP contribution in [0.4, 0.5) is 13.2 Å². The van der Waals surface area contributed by atoms with Crippen LogP contribution in [0.5, 0.6) is 11.6 Å². The number of hydrogen-bond donors (Lipinski definition) is 1. The van der Waals surface area contributed by atoms with Crippen LogP contribution in [-0.2, 0) is 6.18 Å². The minimum Gasteiger partial charge on any atom is -0.439 e. The summed E-state index contributed by atoms with van der Waals surface area (Å²) >= 11 is 0. The van der Waals surface area contributed by atoms with Gasteiger partial charge in [-0.1, -0.05) is 23.8 Å². The highest BCUT2D eigenvalue weighted by Crippen LogP contribution is 2.30. The van der Waals surface area contributed by atoms with Crippen molar-refractivity contribution in [3.63, 3.8) is 0 Å². The predicted molar refractivity (Wildman–Crippen MR) is 85.6 cm³/mol. The molecule has 1 fully saturated rings. The molecule has 0 amide bonds. The molecule has 0 unspecified atom stereocenters. The topological polar surface area (TPSA) is 48.1 Å². The number of benzene rings is 1. The fraction of sp³-hybridized carbons (Fsp3) is 0.278. The molecule has 1 aromatic heterocycles. The van der Waals surface area contributed by atoms with Crippen LogP contribution in [0.1, 0.15) is 30.4 Å². The Morgan fingerprint density at radius 3 is 2.67 bits per heavy atom. The molecule has 0 bridgehead atoms. The summed E-state index contributed by atoms with van der Waals surface area (Å²) in [5.41, 5.74) is 7.37. The van der Waals surface area contributed by atoms with E-state index in [2.05, 4.69) is 11.1 Å². The molecule has 3 nitrogen and oxygen atoms in total.